The van der Waals surface area contributed by atoms with Crippen LogP contribution in [0.5, 0.6) is 0 Å². The molecule has 146 valence electrons. The molecule has 8 nitrogen and oxygen atoms in total. The molecule has 1 fully saturated rings. The summed E-state index contributed by atoms with van der Waals surface area (Å²) in [6.45, 7) is 8.91. The molecular weight excluding hydrogens is 344 g/mol. The number of carbonyl (C=O) groups is 1. The molecule has 3 heterocycles. The fourth-order valence-corrected chi connectivity index (χ4v) is 3.95. The number of anilines is 1. The third-order valence-electron chi connectivity index (χ3n) is 5.42. The second kappa shape index (κ2) is 7.56. The Labute approximate surface area is 159 Å². The smallest absolute Gasteiger partial charge is 0.255 e. The number of aryl methyl sites for hydroxylation is 1. The quantitative estimate of drug-likeness (QED) is 0.820. The molecule has 0 saturated carbocycles. The number of likely N-dealkylation sites (tertiary alicyclic amines) is 1. The molecule has 2 aromatic rings. The number of nitrogens with zero attached hydrogens (tertiary/aromatic N) is 4. The van der Waals surface area contributed by atoms with E-state index in [9.17, 15) is 9.59 Å². The fraction of sp³-hybridized carbons (Fsp3) is 0.526. The van der Waals surface area contributed by atoms with Crippen molar-refractivity contribution >= 4 is 11.9 Å². The number of aromatic amines is 1. The van der Waals surface area contributed by atoms with Gasteiger partial charge in [-0.2, -0.15) is 0 Å². The lowest BCUT2D eigenvalue weighted by Gasteiger charge is -2.24. The number of carbonyl (C=O) groups excluding carboxylic acids is 1. The number of nitrogens with one attached hydrogen (secondary N) is 1. The standard InChI is InChI=1S/C19H28N6O2/c1-5-25-12(2)8-16(13(25)3)18(27)24-7-6-15(11-24)23(4)10-14-9-17(26)22-19(20)21-14/h8-9,15H,5-7,10-11H2,1-4H3,(H3,20,21,22,26)/t15-/m1/s1. The van der Waals surface area contributed by atoms with Crippen LogP contribution in [0, 0.1) is 13.8 Å². The van der Waals surface area contributed by atoms with Crippen LogP contribution in [0.4, 0.5) is 5.95 Å². The molecule has 8 heteroatoms. The minimum Gasteiger partial charge on any atom is -0.369 e. The lowest BCUT2D eigenvalue weighted by atomic mass is 10.2. The lowest BCUT2D eigenvalue weighted by molar-refractivity contribution is 0.0778. The van der Waals surface area contributed by atoms with Crippen molar-refractivity contribution in [1.29, 1.82) is 0 Å². The molecule has 1 aliphatic heterocycles. The van der Waals surface area contributed by atoms with Crippen LogP contribution in [-0.2, 0) is 13.1 Å². The number of amides is 1. The van der Waals surface area contributed by atoms with Gasteiger partial charge in [0.05, 0.1) is 11.3 Å². The van der Waals surface area contributed by atoms with E-state index >= 15 is 0 Å². The average Bonchev–Trinajstić information content (AvgIpc) is 3.18. The maximum absolute atomic E-state index is 13.0. The van der Waals surface area contributed by atoms with Gasteiger partial charge < -0.3 is 15.2 Å². The van der Waals surface area contributed by atoms with Crippen molar-refractivity contribution in [1.82, 2.24) is 24.3 Å². The molecule has 3 N–H and O–H groups in total. The van der Waals surface area contributed by atoms with Gasteiger partial charge in [-0.3, -0.25) is 19.5 Å². The molecule has 1 saturated heterocycles. The van der Waals surface area contributed by atoms with Gasteiger partial charge >= 0.3 is 0 Å². The Morgan fingerprint density at radius 3 is 2.78 bits per heavy atom. The van der Waals surface area contributed by atoms with Gasteiger partial charge in [0.1, 0.15) is 0 Å². The van der Waals surface area contributed by atoms with E-state index in [1.807, 2.05) is 31.9 Å². The van der Waals surface area contributed by atoms with Crippen LogP contribution in [0.25, 0.3) is 0 Å². The minimum absolute atomic E-state index is 0.0947. The van der Waals surface area contributed by atoms with E-state index in [2.05, 4.69) is 26.4 Å². The molecular formula is C19H28N6O2. The van der Waals surface area contributed by atoms with Crippen molar-refractivity contribution < 1.29 is 4.79 Å². The second-order valence-electron chi connectivity index (χ2n) is 7.26. The van der Waals surface area contributed by atoms with E-state index in [0.717, 1.165) is 36.5 Å². The molecule has 0 bridgehead atoms. The zero-order valence-electron chi connectivity index (χ0n) is 16.5. The Balaban J connectivity index is 1.67. The number of nitrogen functional groups attached to an aromatic ring is 1. The first-order valence-corrected chi connectivity index (χ1v) is 9.32. The van der Waals surface area contributed by atoms with Crippen LogP contribution < -0.4 is 11.3 Å². The molecule has 0 radical (unpaired) electrons. The number of aromatic nitrogens is 3. The maximum Gasteiger partial charge on any atom is 0.255 e. The van der Waals surface area contributed by atoms with E-state index < -0.39 is 0 Å². The topological polar surface area (TPSA) is 100 Å². The van der Waals surface area contributed by atoms with Crippen LogP contribution in [-0.4, -0.2) is 56.4 Å². The zero-order valence-corrected chi connectivity index (χ0v) is 16.5. The Hall–Kier alpha value is -2.61. The summed E-state index contributed by atoms with van der Waals surface area (Å²) in [6, 6.07) is 3.68. The summed E-state index contributed by atoms with van der Waals surface area (Å²) in [5.74, 6) is 0.220. The minimum atomic E-state index is -0.250. The zero-order chi connectivity index (χ0) is 19.7. The maximum atomic E-state index is 13.0. The van der Waals surface area contributed by atoms with Gasteiger partial charge in [-0.25, -0.2) is 4.98 Å². The molecule has 0 aliphatic carbocycles. The molecule has 1 amide bonds. The summed E-state index contributed by atoms with van der Waals surface area (Å²) in [5, 5.41) is 0. The SMILES string of the molecule is CCn1c(C)cc(C(=O)N2CC[C@@H](N(C)Cc3cc(=O)[nH]c(N)n3)C2)c1C. The van der Waals surface area contributed by atoms with Gasteiger partial charge in [-0.1, -0.05) is 0 Å². The number of hydrogen-bond acceptors (Lipinski definition) is 5. The normalized spacial score (nSPS) is 17.1. The van der Waals surface area contributed by atoms with E-state index in [0.29, 0.717) is 18.8 Å². The van der Waals surface area contributed by atoms with E-state index in [-0.39, 0.29) is 23.5 Å². The number of hydrogen-bond donors (Lipinski definition) is 2. The second-order valence-corrected chi connectivity index (χ2v) is 7.26. The first kappa shape index (κ1) is 19.2. The largest absolute Gasteiger partial charge is 0.369 e. The van der Waals surface area contributed by atoms with Crippen LogP contribution in [0.1, 0.15) is 40.8 Å². The van der Waals surface area contributed by atoms with Crippen molar-refractivity contribution in [2.75, 3.05) is 25.9 Å². The average molecular weight is 372 g/mol. The highest BCUT2D eigenvalue weighted by Crippen LogP contribution is 2.22. The first-order valence-electron chi connectivity index (χ1n) is 9.32. The van der Waals surface area contributed by atoms with Gasteiger partial charge in [0.2, 0.25) is 5.95 Å². The highest BCUT2D eigenvalue weighted by molar-refractivity contribution is 5.96. The van der Waals surface area contributed by atoms with Crippen molar-refractivity contribution in [2.24, 2.45) is 0 Å². The predicted molar refractivity (Wildman–Crippen MR) is 105 cm³/mol. The molecule has 0 aromatic carbocycles. The van der Waals surface area contributed by atoms with Crippen molar-refractivity contribution in [3.63, 3.8) is 0 Å². The van der Waals surface area contributed by atoms with Gasteiger partial charge in [0, 0.05) is 49.7 Å². The Kier molecular flexibility index (Phi) is 5.36. The summed E-state index contributed by atoms with van der Waals surface area (Å²) in [6.07, 6.45) is 0.896. The Morgan fingerprint density at radius 1 is 1.41 bits per heavy atom. The van der Waals surface area contributed by atoms with E-state index in [1.54, 1.807) is 0 Å². The summed E-state index contributed by atoms with van der Waals surface area (Å²) in [5.41, 5.74) is 8.94. The molecule has 1 aliphatic rings. The van der Waals surface area contributed by atoms with Crippen LogP contribution in [0.15, 0.2) is 16.9 Å². The Morgan fingerprint density at radius 2 is 2.15 bits per heavy atom. The van der Waals surface area contributed by atoms with Crippen LogP contribution >= 0.6 is 0 Å². The van der Waals surface area contributed by atoms with Gasteiger partial charge in [-0.15, -0.1) is 0 Å². The third kappa shape index (κ3) is 3.90. The van der Waals surface area contributed by atoms with Crippen molar-refractivity contribution in [2.45, 2.75) is 46.3 Å². The van der Waals surface area contributed by atoms with Gasteiger partial charge in [-0.05, 0) is 40.3 Å². The number of rotatable bonds is 5. The molecule has 3 rings (SSSR count). The molecule has 27 heavy (non-hydrogen) atoms. The molecule has 0 unspecified atom stereocenters. The molecule has 2 aromatic heterocycles. The highest BCUT2D eigenvalue weighted by Gasteiger charge is 2.31. The van der Waals surface area contributed by atoms with Crippen molar-refractivity contribution in [3.05, 3.63) is 45.1 Å². The van der Waals surface area contributed by atoms with Gasteiger partial charge in [0.25, 0.3) is 11.5 Å². The summed E-state index contributed by atoms with van der Waals surface area (Å²) >= 11 is 0. The number of H-pyrrole nitrogens is 1. The number of nitrogens with two attached hydrogens (primary N) is 1. The van der Waals surface area contributed by atoms with Crippen LogP contribution in [0.2, 0.25) is 0 Å². The summed E-state index contributed by atoms with van der Waals surface area (Å²) < 4.78 is 2.16. The van der Waals surface area contributed by atoms with E-state index in [4.69, 9.17) is 5.73 Å². The van der Waals surface area contributed by atoms with Gasteiger partial charge in [0.15, 0.2) is 0 Å². The summed E-state index contributed by atoms with van der Waals surface area (Å²) in [7, 11) is 1.99. The number of likely N-dealkylation sites (N-methyl/N-ethyl adjacent to an activating group) is 1. The monoisotopic (exact) mass is 372 g/mol. The third-order valence-corrected chi connectivity index (χ3v) is 5.42. The Bertz CT molecular complexity index is 900. The predicted octanol–water partition coefficient (Wildman–Crippen LogP) is 1.14. The molecule has 1 atom stereocenters. The molecule has 0 spiro atoms. The highest BCUT2D eigenvalue weighted by atomic mass is 16.2. The first-order chi connectivity index (χ1) is 12.8. The summed E-state index contributed by atoms with van der Waals surface area (Å²) in [4.78, 5) is 35.2. The fourth-order valence-electron chi connectivity index (χ4n) is 3.95. The van der Waals surface area contributed by atoms with E-state index in [1.165, 1.54) is 6.07 Å². The van der Waals surface area contributed by atoms with Crippen molar-refractivity contribution in [3.8, 4) is 0 Å². The van der Waals surface area contributed by atoms with Crippen LogP contribution in [0.3, 0.4) is 0 Å². The lowest BCUT2D eigenvalue weighted by Crippen LogP contribution is -2.36.